The number of ether oxygens (including phenoxy) is 1. The third-order valence-electron chi connectivity index (χ3n) is 7.32. The van der Waals surface area contributed by atoms with Crippen molar-refractivity contribution in [3.63, 3.8) is 0 Å². The maximum absolute atomic E-state index is 14.2. The molecule has 2 aliphatic rings. The van der Waals surface area contributed by atoms with Crippen LogP contribution in [-0.2, 0) is 28.8 Å². The van der Waals surface area contributed by atoms with E-state index in [4.69, 9.17) is 9.57 Å². The van der Waals surface area contributed by atoms with Crippen molar-refractivity contribution in [2.45, 2.75) is 17.5 Å². The number of thiazole rings is 1. The number of anilines is 1. The van der Waals surface area contributed by atoms with Crippen LogP contribution in [0.2, 0.25) is 0 Å². The number of amides is 3. The largest absolute Gasteiger partial charge is 0.448 e. The van der Waals surface area contributed by atoms with Crippen molar-refractivity contribution in [3.05, 3.63) is 129 Å². The molecule has 2 aliphatic heterocycles. The van der Waals surface area contributed by atoms with E-state index >= 15 is 0 Å². The number of fused-ring (bicyclic) bond motifs is 1. The van der Waals surface area contributed by atoms with E-state index in [1.54, 1.807) is 12.4 Å². The summed E-state index contributed by atoms with van der Waals surface area (Å²) in [7, 11) is 1.28. The second kappa shape index (κ2) is 15.8. The van der Waals surface area contributed by atoms with Crippen LogP contribution in [-0.4, -0.2) is 69.1 Å². The molecule has 1 saturated heterocycles. The Morgan fingerprint density at radius 3 is 2.47 bits per heavy atom. The van der Waals surface area contributed by atoms with E-state index in [0.717, 1.165) is 28.0 Å². The Bertz CT molecular complexity index is 1880. The number of benzene rings is 2. The van der Waals surface area contributed by atoms with Gasteiger partial charge in [0.1, 0.15) is 29.9 Å². The van der Waals surface area contributed by atoms with Crippen molar-refractivity contribution in [3.8, 4) is 0 Å². The van der Waals surface area contributed by atoms with Crippen LogP contribution in [0.3, 0.4) is 0 Å². The third kappa shape index (κ3) is 7.58. The maximum atomic E-state index is 14.2. The molecule has 3 amide bonds. The predicted molar refractivity (Wildman–Crippen MR) is 189 cm³/mol. The van der Waals surface area contributed by atoms with E-state index < -0.39 is 35.3 Å². The third-order valence-corrected chi connectivity index (χ3v) is 10.5. The highest BCUT2D eigenvalue weighted by Crippen LogP contribution is 2.45. The van der Waals surface area contributed by atoms with E-state index in [-0.39, 0.29) is 22.2 Å². The number of nitrogens with zero attached hydrogens (tertiary/aromatic N) is 4. The Balaban J connectivity index is 1.28. The number of β-lactam (4-membered cyclic amide) rings is 1. The number of pyridine rings is 1. The number of thioether (sulfide) groups is 2. The Morgan fingerprint density at radius 2 is 1.82 bits per heavy atom. The van der Waals surface area contributed by atoms with Crippen molar-refractivity contribution in [2.75, 3.05) is 18.2 Å². The molecular weight excluding hydrogens is 685 g/mol. The Hall–Kier alpha value is -5.25. The topological polar surface area (TPSA) is 152 Å². The second-order valence-electron chi connectivity index (χ2n) is 10.4. The van der Waals surface area contributed by atoms with Crippen LogP contribution in [0.5, 0.6) is 0 Å². The van der Waals surface area contributed by atoms with Gasteiger partial charge in [-0.2, -0.15) is 0 Å². The van der Waals surface area contributed by atoms with E-state index in [1.807, 2.05) is 84.3 Å². The summed E-state index contributed by atoms with van der Waals surface area (Å²) in [6.07, 6.45) is 5.01. The highest BCUT2D eigenvalue weighted by Gasteiger charge is 2.55. The van der Waals surface area contributed by atoms with Crippen LogP contribution < -0.4 is 10.6 Å². The van der Waals surface area contributed by atoms with E-state index in [1.165, 1.54) is 40.9 Å². The highest BCUT2D eigenvalue weighted by molar-refractivity contribution is 8.08. The lowest BCUT2D eigenvalue weighted by Gasteiger charge is -2.49. The van der Waals surface area contributed by atoms with Crippen LogP contribution in [0.4, 0.5) is 5.13 Å². The number of esters is 1. The van der Waals surface area contributed by atoms with Gasteiger partial charge < -0.3 is 20.2 Å². The van der Waals surface area contributed by atoms with Gasteiger partial charge in [0.25, 0.3) is 11.8 Å². The van der Waals surface area contributed by atoms with E-state index in [0.29, 0.717) is 17.1 Å². The van der Waals surface area contributed by atoms with Crippen molar-refractivity contribution in [1.29, 1.82) is 0 Å². The minimum atomic E-state index is -0.968. The molecule has 6 rings (SSSR count). The van der Waals surface area contributed by atoms with Crippen LogP contribution in [0, 0.1) is 0 Å². The summed E-state index contributed by atoms with van der Waals surface area (Å²) in [4.78, 5) is 67.4. The van der Waals surface area contributed by atoms with Crippen LogP contribution >= 0.6 is 34.9 Å². The van der Waals surface area contributed by atoms with E-state index in [9.17, 15) is 19.2 Å². The summed E-state index contributed by atoms with van der Waals surface area (Å²) in [5.74, 6) is -1.48. The number of hydrogen-bond donors (Lipinski definition) is 2. The van der Waals surface area contributed by atoms with Crippen molar-refractivity contribution in [1.82, 2.24) is 20.2 Å². The summed E-state index contributed by atoms with van der Waals surface area (Å²) in [6.45, 7) is 0. The van der Waals surface area contributed by atoms with Crippen molar-refractivity contribution < 1.29 is 28.8 Å². The van der Waals surface area contributed by atoms with Gasteiger partial charge in [-0.3, -0.25) is 24.3 Å². The monoisotopic (exact) mass is 712 g/mol. The average molecular weight is 713 g/mol. The van der Waals surface area contributed by atoms with Gasteiger partial charge in [-0.25, -0.2) is 9.78 Å². The quantitative estimate of drug-likeness (QED) is 0.0650. The van der Waals surface area contributed by atoms with Gasteiger partial charge in [-0.15, -0.1) is 23.1 Å². The fourth-order valence-electron chi connectivity index (χ4n) is 5.09. The lowest BCUT2D eigenvalue weighted by molar-refractivity contribution is -0.154. The molecule has 2 aromatic carbocycles. The molecule has 0 radical (unpaired) electrons. The first kappa shape index (κ1) is 33.6. The zero-order valence-corrected chi connectivity index (χ0v) is 28.2. The average Bonchev–Trinajstić information content (AvgIpc) is 3.60. The van der Waals surface area contributed by atoms with Crippen LogP contribution in [0.15, 0.2) is 112 Å². The van der Waals surface area contributed by atoms with Gasteiger partial charge in [0.05, 0.1) is 0 Å². The van der Waals surface area contributed by atoms with Gasteiger partial charge in [-0.1, -0.05) is 83.6 Å². The summed E-state index contributed by atoms with van der Waals surface area (Å²) in [6, 6.07) is 21.5. The predicted octanol–water partition coefficient (Wildman–Crippen LogP) is 4.81. The van der Waals surface area contributed by atoms with Gasteiger partial charge in [0.2, 0.25) is 6.41 Å². The van der Waals surface area contributed by atoms with Crippen molar-refractivity contribution >= 4 is 76.0 Å². The van der Waals surface area contributed by atoms with Gasteiger partial charge in [0.15, 0.2) is 16.9 Å². The molecule has 2 aromatic heterocycles. The number of aromatic nitrogens is 2. The molecule has 0 saturated carbocycles. The molecule has 0 bridgehead atoms. The van der Waals surface area contributed by atoms with Crippen LogP contribution in [0.1, 0.15) is 28.5 Å². The molecule has 2 atom stereocenters. The smallest absolute Gasteiger partial charge is 0.356 e. The molecule has 2 N–H and O–H groups in total. The summed E-state index contributed by atoms with van der Waals surface area (Å²) in [5.41, 5.74) is 2.52. The minimum Gasteiger partial charge on any atom is -0.448 e. The number of carbonyl (C=O) groups excluding carboxylic acids is 4. The standard InChI is InChI=1S/C34H28N6O6S3/c1-45-39-26(24-18-49-34(37-24)36-20-41)30(42)38-27-31(43)40-28(25(19-48-32(27)40)47-16-14-21-9-8-15-35-17-21)33(44)46-29(22-10-4-2-5-11-22)23-12-6-3-7-13-23/h2-18,20,27,29,32H,19H2,1H3,(H,38,42)(H,36,37,41)/b16-14-,39-26-/t27?,32-/m1/s1. The number of nitrogens with one attached hydrogen (secondary N) is 2. The molecule has 4 heterocycles. The molecule has 1 fully saturated rings. The zero-order chi connectivity index (χ0) is 34.2. The molecule has 4 aromatic rings. The SMILES string of the molecule is CO/N=C(\C(=O)NC1C(=O)N2C(C(=O)OC(c3ccccc3)c3ccccc3)=C(S/C=C\c3cccnc3)CS[C@H]12)c1csc(NC=O)n1. The first-order valence-electron chi connectivity index (χ1n) is 14.8. The van der Waals surface area contributed by atoms with E-state index in [2.05, 4.69) is 25.8 Å². The fourth-order valence-corrected chi connectivity index (χ4v) is 8.10. The van der Waals surface area contributed by atoms with Crippen LogP contribution in [0.25, 0.3) is 6.08 Å². The maximum Gasteiger partial charge on any atom is 0.356 e. The Labute approximate surface area is 293 Å². The highest BCUT2D eigenvalue weighted by atomic mass is 32.2. The molecule has 248 valence electrons. The Morgan fingerprint density at radius 1 is 1.08 bits per heavy atom. The summed E-state index contributed by atoms with van der Waals surface area (Å²) >= 11 is 3.82. The number of carbonyl (C=O) groups is 4. The first-order chi connectivity index (χ1) is 24.0. The van der Waals surface area contributed by atoms with Gasteiger partial charge in [0, 0.05) is 28.4 Å². The lowest BCUT2D eigenvalue weighted by atomic mass is 10.0. The van der Waals surface area contributed by atoms with Gasteiger partial charge >= 0.3 is 5.97 Å². The normalized spacial score (nSPS) is 17.4. The zero-order valence-electron chi connectivity index (χ0n) is 25.8. The molecule has 1 unspecified atom stereocenters. The molecule has 49 heavy (non-hydrogen) atoms. The first-order valence-corrected chi connectivity index (χ1v) is 17.6. The number of oxime groups is 1. The molecular formula is C34H28N6O6S3. The second-order valence-corrected chi connectivity index (χ2v) is 13.3. The number of hydrogen-bond acceptors (Lipinski definition) is 12. The minimum absolute atomic E-state index is 0.117. The van der Waals surface area contributed by atoms with Gasteiger partial charge in [-0.05, 0) is 34.2 Å². The molecule has 15 heteroatoms. The fraction of sp³-hybridized carbons (Fsp3) is 0.147. The van der Waals surface area contributed by atoms with Crippen molar-refractivity contribution in [2.24, 2.45) is 5.16 Å². The Kier molecular flexibility index (Phi) is 10.8. The summed E-state index contributed by atoms with van der Waals surface area (Å²) in [5, 5.41) is 12.0. The number of rotatable bonds is 13. The molecule has 0 aliphatic carbocycles. The molecule has 0 spiro atoms. The molecule has 12 nitrogen and oxygen atoms in total. The summed E-state index contributed by atoms with van der Waals surface area (Å²) < 4.78 is 6.22. The lowest BCUT2D eigenvalue weighted by Crippen LogP contribution is -2.71.